The molecule has 6 nitrogen and oxygen atoms in total. The van der Waals surface area contributed by atoms with E-state index in [4.69, 9.17) is 17.3 Å². The summed E-state index contributed by atoms with van der Waals surface area (Å²) in [6.45, 7) is 4.21. The number of methoxy groups -OCH3 is 1. The largest absolute Gasteiger partial charge is 0.465 e. The van der Waals surface area contributed by atoms with Crippen LogP contribution in [0.5, 0.6) is 0 Å². The van der Waals surface area contributed by atoms with Crippen LogP contribution in [-0.4, -0.2) is 45.4 Å². The fourth-order valence-corrected chi connectivity index (χ4v) is 3.46. The molecule has 0 aliphatic heterocycles. The SMILES string of the molecule is COC(=O)c1cc(Cl)ccc1S(=O)(=O)N(C)CCC(N)C(C)C.Cl. The number of esters is 1. The number of sulfonamides is 1. The van der Waals surface area contributed by atoms with Gasteiger partial charge in [-0.3, -0.25) is 0 Å². The van der Waals surface area contributed by atoms with Gasteiger partial charge in [-0.15, -0.1) is 12.4 Å². The molecular weight excluding hydrogens is 375 g/mol. The average molecular weight is 399 g/mol. The van der Waals surface area contributed by atoms with Gasteiger partial charge >= 0.3 is 5.97 Å². The van der Waals surface area contributed by atoms with E-state index in [1.807, 2.05) is 13.8 Å². The standard InChI is InChI=1S/C15H23ClN2O4S.ClH/c1-10(2)13(17)7-8-18(3)23(20,21)14-6-5-11(16)9-12(14)15(19)22-4;/h5-6,9-10,13H,7-8,17H2,1-4H3;1H. The van der Waals surface area contributed by atoms with E-state index >= 15 is 0 Å². The van der Waals surface area contributed by atoms with Gasteiger partial charge in [0.15, 0.2) is 0 Å². The van der Waals surface area contributed by atoms with Gasteiger partial charge in [0.2, 0.25) is 10.0 Å². The van der Waals surface area contributed by atoms with Crippen LogP contribution in [0.1, 0.15) is 30.6 Å². The van der Waals surface area contributed by atoms with E-state index in [2.05, 4.69) is 4.74 Å². The van der Waals surface area contributed by atoms with Gasteiger partial charge in [-0.1, -0.05) is 25.4 Å². The maximum atomic E-state index is 12.7. The lowest BCUT2D eigenvalue weighted by Gasteiger charge is -2.22. The van der Waals surface area contributed by atoms with Crippen LogP contribution in [0, 0.1) is 5.92 Å². The summed E-state index contributed by atoms with van der Waals surface area (Å²) < 4.78 is 31.2. The lowest BCUT2D eigenvalue weighted by atomic mass is 10.0. The summed E-state index contributed by atoms with van der Waals surface area (Å²) in [6, 6.07) is 3.92. The summed E-state index contributed by atoms with van der Waals surface area (Å²) in [5.41, 5.74) is 5.87. The smallest absolute Gasteiger partial charge is 0.339 e. The topological polar surface area (TPSA) is 89.7 Å². The molecule has 1 atom stereocenters. The first kappa shape index (κ1) is 23.1. The molecule has 0 spiro atoms. The Hall–Kier alpha value is -0.860. The zero-order valence-electron chi connectivity index (χ0n) is 14.2. The number of benzene rings is 1. The van der Waals surface area contributed by atoms with E-state index in [9.17, 15) is 13.2 Å². The predicted molar refractivity (Wildman–Crippen MR) is 97.3 cm³/mol. The average Bonchev–Trinajstić information content (AvgIpc) is 2.50. The molecule has 0 radical (unpaired) electrons. The van der Waals surface area contributed by atoms with Crippen molar-refractivity contribution in [2.75, 3.05) is 20.7 Å². The molecule has 2 N–H and O–H groups in total. The summed E-state index contributed by atoms with van der Waals surface area (Å²) in [5.74, 6) is -0.495. The van der Waals surface area contributed by atoms with Crippen molar-refractivity contribution < 1.29 is 17.9 Å². The summed E-state index contributed by atoms with van der Waals surface area (Å²) in [4.78, 5) is 11.7. The Labute approximate surface area is 154 Å². The number of carbonyl (C=O) groups excluding carboxylic acids is 1. The van der Waals surface area contributed by atoms with Gasteiger partial charge < -0.3 is 10.5 Å². The third kappa shape index (κ3) is 5.60. The lowest BCUT2D eigenvalue weighted by molar-refractivity contribution is 0.0596. The number of hydrogen-bond acceptors (Lipinski definition) is 5. The molecule has 0 fully saturated rings. The molecule has 0 amide bonds. The Morgan fingerprint density at radius 3 is 2.46 bits per heavy atom. The highest BCUT2D eigenvalue weighted by atomic mass is 35.5. The summed E-state index contributed by atoms with van der Waals surface area (Å²) >= 11 is 5.85. The van der Waals surface area contributed by atoms with Crippen molar-refractivity contribution in [3.63, 3.8) is 0 Å². The number of nitrogens with zero attached hydrogens (tertiary/aromatic N) is 1. The van der Waals surface area contributed by atoms with Crippen molar-refractivity contribution in [1.29, 1.82) is 0 Å². The highest BCUT2D eigenvalue weighted by Crippen LogP contribution is 2.24. The molecule has 0 saturated heterocycles. The van der Waals surface area contributed by atoms with Gasteiger partial charge in [-0.05, 0) is 30.5 Å². The van der Waals surface area contributed by atoms with Gasteiger partial charge in [0.05, 0.1) is 17.6 Å². The third-order valence-electron chi connectivity index (χ3n) is 3.67. The minimum Gasteiger partial charge on any atom is -0.465 e. The van der Waals surface area contributed by atoms with E-state index in [1.165, 1.54) is 36.7 Å². The van der Waals surface area contributed by atoms with E-state index < -0.39 is 16.0 Å². The monoisotopic (exact) mass is 398 g/mol. The Morgan fingerprint density at radius 2 is 1.96 bits per heavy atom. The Kier molecular flexibility index (Phi) is 9.24. The molecule has 0 bridgehead atoms. The lowest BCUT2D eigenvalue weighted by Crippen LogP contribution is -2.35. The Morgan fingerprint density at radius 1 is 1.38 bits per heavy atom. The molecule has 138 valence electrons. The van der Waals surface area contributed by atoms with Gasteiger partial charge in [0.1, 0.15) is 0 Å². The van der Waals surface area contributed by atoms with Crippen molar-refractivity contribution >= 4 is 40.0 Å². The van der Waals surface area contributed by atoms with Gasteiger partial charge in [0.25, 0.3) is 0 Å². The van der Waals surface area contributed by atoms with E-state index in [1.54, 1.807) is 0 Å². The zero-order chi connectivity index (χ0) is 17.8. The van der Waals surface area contributed by atoms with Crippen LogP contribution in [0.4, 0.5) is 0 Å². The van der Waals surface area contributed by atoms with E-state index in [-0.39, 0.29) is 46.4 Å². The van der Waals surface area contributed by atoms with E-state index in [0.29, 0.717) is 6.42 Å². The molecule has 0 saturated carbocycles. The fourth-order valence-electron chi connectivity index (χ4n) is 1.95. The quantitative estimate of drug-likeness (QED) is 0.712. The first-order valence-electron chi connectivity index (χ1n) is 7.21. The third-order valence-corrected chi connectivity index (χ3v) is 5.82. The van der Waals surface area contributed by atoms with Crippen LogP contribution < -0.4 is 5.73 Å². The highest BCUT2D eigenvalue weighted by molar-refractivity contribution is 7.89. The van der Waals surface area contributed by atoms with Gasteiger partial charge in [0, 0.05) is 24.7 Å². The highest BCUT2D eigenvalue weighted by Gasteiger charge is 2.27. The van der Waals surface area contributed by atoms with Gasteiger partial charge in [-0.2, -0.15) is 0 Å². The van der Waals surface area contributed by atoms with Crippen molar-refractivity contribution in [2.24, 2.45) is 11.7 Å². The van der Waals surface area contributed by atoms with Crippen molar-refractivity contribution in [1.82, 2.24) is 4.31 Å². The van der Waals surface area contributed by atoms with Crippen molar-refractivity contribution in [2.45, 2.75) is 31.2 Å². The zero-order valence-corrected chi connectivity index (χ0v) is 16.5. The number of hydrogen-bond donors (Lipinski definition) is 1. The molecule has 9 heteroatoms. The predicted octanol–water partition coefficient (Wildman–Crippen LogP) is 2.54. The molecule has 1 aromatic rings. The second-order valence-corrected chi connectivity index (χ2v) is 8.10. The second kappa shape index (κ2) is 9.58. The molecule has 0 aliphatic carbocycles. The van der Waals surface area contributed by atoms with Crippen LogP contribution in [0.3, 0.4) is 0 Å². The number of carbonyl (C=O) groups is 1. The maximum absolute atomic E-state index is 12.7. The maximum Gasteiger partial charge on any atom is 0.339 e. The molecule has 0 aromatic heterocycles. The molecule has 24 heavy (non-hydrogen) atoms. The fraction of sp³-hybridized carbons (Fsp3) is 0.533. The van der Waals surface area contributed by atoms with Crippen LogP contribution >= 0.6 is 24.0 Å². The number of halogens is 2. The first-order valence-corrected chi connectivity index (χ1v) is 9.02. The number of nitrogens with two attached hydrogens (primary N) is 1. The van der Waals surface area contributed by atoms with Crippen molar-refractivity contribution in [3.8, 4) is 0 Å². The van der Waals surface area contributed by atoms with Crippen LogP contribution in [0.2, 0.25) is 5.02 Å². The molecular formula is C15H24Cl2N2O4S. The first-order chi connectivity index (χ1) is 10.6. The number of ether oxygens (including phenoxy) is 1. The summed E-state index contributed by atoms with van der Waals surface area (Å²) in [7, 11) is -1.20. The Bertz CT molecular complexity index is 665. The van der Waals surface area contributed by atoms with Gasteiger partial charge in [-0.25, -0.2) is 17.5 Å². The Balaban J connectivity index is 0.00000529. The molecule has 1 unspecified atom stereocenters. The molecule has 1 aromatic carbocycles. The molecule has 0 heterocycles. The summed E-state index contributed by atoms with van der Waals surface area (Å²) in [6.07, 6.45) is 0.522. The number of rotatable bonds is 7. The summed E-state index contributed by atoms with van der Waals surface area (Å²) in [5, 5.41) is 0.258. The van der Waals surface area contributed by atoms with E-state index in [0.717, 1.165) is 0 Å². The normalized spacial score (nSPS) is 12.8. The molecule has 1 rings (SSSR count). The van der Waals surface area contributed by atoms with Crippen LogP contribution in [0.15, 0.2) is 23.1 Å². The minimum absolute atomic E-state index is 0. The second-order valence-electron chi connectivity index (χ2n) is 5.66. The minimum atomic E-state index is -3.84. The van der Waals surface area contributed by atoms with Crippen LogP contribution in [0.25, 0.3) is 0 Å². The van der Waals surface area contributed by atoms with Crippen molar-refractivity contribution in [3.05, 3.63) is 28.8 Å². The molecule has 0 aliphatic rings. The van der Waals surface area contributed by atoms with Crippen LogP contribution in [-0.2, 0) is 14.8 Å².